The van der Waals surface area contributed by atoms with Crippen molar-refractivity contribution in [1.82, 2.24) is 72.3 Å². The predicted octanol–water partition coefficient (Wildman–Crippen LogP) is -6.30. The minimum atomic E-state index is -2.46. The van der Waals surface area contributed by atoms with Crippen molar-refractivity contribution in [2.24, 2.45) is 17.6 Å². The molecule has 2 aromatic heterocycles. The Kier molecular flexibility index (Phi) is 30.6. The van der Waals surface area contributed by atoms with Gasteiger partial charge in [0, 0.05) is 89.6 Å². The molecule has 1 saturated heterocycles. The second-order valence-electron chi connectivity index (χ2n) is 23.9. The predicted molar refractivity (Wildman–Crippen MR) is 350 cm³/mol. The highest BCUT2D eigenvalue weighted by Gasteiger charge is 2.46. The molecule has 4 aliphatic heterocycles. The maximum Gasteiger partial charge on any atom is 0.253 e. The van der Waals surface area contributed by atoms with E-state index in [9.17, 15) is 73.2 Å². The van der Waals surface area contributed by atoms with Crippen LogP contribution in [0.25, 0.3) is 10.9 Å². The lowest BCUT2D eigenvalue weighted by Crippen LogP contribution is -2.62. The molecule has 2 bridgehead atoms. The molecule has 99 heavy (non-hydrogen) atoms. The van der Waals surface area contributed by atoms with Crippen LogP contribution >= 0.6 is 11.8 Å². The van der Waals surface area contributed by atoms with Crippen molar-refractivity contribution in [2.75, 3.05) is 104 Å². The average molecular weight is 1430 g/mol. The van der Waals surface area contributed by atoms with Crippen molar-refractivity contribution in [3.05, 3.63) is 47.3 Å². The van der Waals surface area contributed by atoms with Gasteiger partial charge in [0.1, 0.15) is 47.6 Å². The molecule has 1 aromatic carbocycles. The van der Waals surface area contributed by atoms with E-state index >= 15 is 4.55 Å². The Balaban J connectivity index is 1.04. The number of amides is 11. The van der Waals surface area contributed by atoms with E-state index < -0.39 is 188 Å². The van der Waals surface area contributed by atoms with Crippen LogP contribution in [0, 0.1) is 11.8 Å². The molecule has 36 nitrogen and oxygen atoms in total. The maximum atomic E-state index is 15.4. The summed E-state index contributed by atoms with van der Waals surface area (Å²) in [6, 6.07) is -6.82. The van der Waals surface area contributed by atoms with Crippen LogP contribution in [0.5, 0.6) is 5.75 Å². The van der Waals surface area contributed by atoms with E-state index in [0.717, 1.165) is 9.80 Å². The van der Waals surface area contributed by atoms with Crippen LogP contribution in [0.1, 0.15) is 63.3 Å². The number of methoxy groups -OCH3 is 1. The highest BCUT2D eigenvalue weighted by molar-refractivity contribution is 7.98. The molecule has 546 valence electrons. The number of nitrogens with zero attached hydrogens (tertiary/aromatic N) is 5. The number of rotatable bonds is 30. The number of H-pyrrole nitrogens is 1. The monoisotopic (exact) mass is 1430 g/mol. The Morgan fingerprint density at radius 1 is 0.848 bits per heavy atom. The molecular weight excluding hydrogens is 1340 g/mol. The first-order valence-corrected chi connectivity index (χ1v) is 34.8. The van der Waals surface area contributed by atoms with Gasteiger partial charge in [-0.05, 0) is 18.1 Å². The van der Waals surface area contributed by atoms with Gasteiger partial charge in [0.2, 0.25) is 58.2 Å². The second kappa shape index (κ2) is 38.6. The summed E-state index contributed by atoms with van der Waals surface area (Å²) in [7, 11) is 1.41. The number of hydrogen-bond donors (Lipinski definition) is 14. The van der Waals surface area contributed by atoms with E-state index in [4.69, 9.17) is 29.4 Å². The van der Waals surface area contributed by atoms with E-state index in [1.54, 1.807) is 36.9 Å². The van der Waals surface area contributed by atoms with Crippen LogP contribution in [0.15, 0.2) is 35.5 Å². The number of primary amides is 1. The van der Waals surface area contributed by atoms with Gasteiger partial charge in [-0.15, -0.1) is 5.10 Å². The van der Waals surface area contributed by atoms with Crippen LogP contribution in [0.4, 0.5) is 0 Å². The highest BCUT2D eigenvalue weighted by atomic mass is 32.2. The lowest BCUT2D eigenvalue weighted by molar-refractivity contribution is -0.144. The van der Waals surface area contributed by atoms with Crippen LogP contribution < -0.4 is 53.0 Å². The van der Waals surface area contributed by atoms with Gasteiger partial charge in [-0.25, -0.2) is 4.68 Å². The Bertz CT molecular complexity index is 3340. The molecule has 4 aliphatic rings. The number of hydrogen-bond acceptors (Lipinski definition) is 25. The first kappa shape index (κ1) is 78.4. The van der Waals surface area contributed by atoms with Gasteiger partial charge in [0.05, 0.1) is 129 Å². The molecule has 2 unspecified atom stereocenters. The molecule has 0 spiro atoms. The molecule has 0 saturated carbocycles. The minimum absolute atomic E-state index is 0.0284. The highest BCUT2D eigenvalue weighted by Crippen LogP contribution is 2.37. The number of imide groups is 1. The Morgan fingerprint density at radius 3 is 2.19 bits per heavy atom. The maximum absolute atomic E-state index is 15.4. The second-order valence-corrected chi connectivity index (χ2v) is 26.5. The molecule has 15 N–H and O–H groups in total. The third-order valence-corrected chi connectivity index (χ3v) is 19.3. The SMILES string of the molecule is CC[C@H](C)[C@H]1NC(=O)CNC(=O)[C@@H]2Cc3c([nH]c4c(CSCCNC(=O)CCOCCOCCOCCOCCn5cc(CN6C(=O)C=CC6=O)nn5)c(OC)ccc34)[S+]([O-])C[C@H](NC(=O)CNC1O)C(=O)N[C@@H](CC(N)=O)C(=O)N1C[C@H](O)C[C@@H]1C(=O)N[C@@H]([C@@H](C)[C@@H](O)CO)C(=O)N2. The summed E-state index contributed by atoms with van der Waals surface area (Å²) in [4.78, 5) is 155. The molecule has 1 fully saturated rings. The summed E-state index contributed by atoms with van der Waals surface area (Å²) in [6.45, 7) is 4.69. The quantitative estimate of drug-likeness (QED) is 0.0168. The van der Waals surface area contributed by atoms with E-state index in [2.05, 4.69) is 57.8 Å². The third kappa shape index (κ3) is 22.6. The number of carbonyl (C=O) groups excluding carboxylic acids is 11. The molecule has 7 rings (SSSR count). The average Bonchev–Trinajstić information content (AvgIpc) is 1.64. The number of nitrogens with one attached hydrogen (secondary N) is 9. The molecule has 0 radical (unpaired) electrons. The van der Waals surface area contributed by atoms with Crippen molar-refractivity contribution in [1.29, 1.82) is 0 Å². The number of carbonyl (C=O) groups is 11. The van der Waals surface area contributed by atoms with E-state index in [0.29, 0.717) is 79.7 Å². The number of aromatic amines is 1. The fourth-order valence-corrected chi connectivity index (χ4v) is 13.4. The number of aromatic nitrogens is 4. The van der Waals surface area contributed by atoms with Gasteiger partial charge in [-0.3, -0.25) is 63.0 Å². The summed E-state index contributed by atoms with van der Waals surface area (Å²) in [5.41, 5.74) is 6.95. The fourth-order valence-electron chi connectivity index (χ4n) is 11.2. The standard InChI is InChI=1S/C61H89N15O21S2/c1-5-33(2)52-58(89)65-25-48(82)66-42-32-99(92)60-38(23-40(55(86)64-26-49(83)69-52)67-59(90)53(34(3)44(79)30-77)70-57(88)43-22-36(78)29-75(43)61(91)41(24-46(62)80)68-56(42)87)37-6-7-45(93-4)39(54(37)71-60)31-98-21-11-63-47(81)10-13-94-15-17-96-19-20-97-18-16-95-14-12-74-27-35(72-73-74)28-76-50(84)8-9-51(76)85/h6-9,27,33-34,36,40-44,52-53,58,65,71,77-79,89H,5,10-26,28-32H2,1-4H3,(H2,62,80)(H,63,81)(H,64,86)(H,66,82)(H,67,90)(H,68,87)(H,69,83)(H,70,88)/t33-,34-,36+,40-,41-,42-,43+,44-,52+,53-,58?,99?/m0/s1. The van der Waals surface area contributed by atoms with Crippen molar-refractivity contribution in [3.63, 3.8) is 0 Å². The number of ether oxygens (including phenoxy) is 5. The van der Waals surface area contributed by atoms with Gasteiger partial charge in [-0.1, -0.05) is 32.4 Å². The van der Waals surface area contributed by atoms with Crippen LogP contribution in [-0.4, -0.2) is 279 Å². The van der Waals surface area contributed by atoms with Crippen LogP contribution in [0.2, 0.25) is 0 Å². The largest absolute Gasteiger partial charge is 0.610 e. The lowest BCUT2D eigenvalue weighted by Gasteiger charge is -2.33. The Labute approximate surface area is 576 Å². The van der Waals surface area contributed by atoms with E-state index in [-0.39, 0.29) is 61.6 Å². The van der Waals surface area contributed by atoms with E-state index in [1.807, 2.05) is 0 Å². The summed E-state index contributed by atoms with van der Waals surface area (Å²) >= 11 is -1.09. The summed E-state index contributed by atoms with van der Waals surface area (Å²) in [5, 5.41) is 72.2. The normalized spacial score (nSPS) is 24.1. The summed E-state index contributed by atoms with van der Waals surface area (Å²) < 4.78 is 45.0. The number of thioether (sulfide) groups is 1. The van der Waals surface area contributed by atoms with Crippen molar-refractivity contribution in [2.45, 2.75) is 131 Å². The van der Waals surface area contributed by atoms with Crippen LogP contribution in [-0.2, 0) is 108 Å². The summed E-state index contributed by atoms with van der Waals surface area (Å²) in [5.74, 6) is -11.2. The van der Waals surface area contributed by atoms with Gasteiger partial charge < -0.3 is 101 Å². The van der Waals surface area contributed by atoms with Gasteiger partial charge >= 0.3 is 0 Å². The van der Waals surface area contributed by atoms with Crippen molar-refractivity contribution < 1.29 is 101 Å². The number of nitrogens with two attached hydrogens (primary N) is 1. The van der Waals surface area contributed by atoms with E-state index in [1.165, 1.54) is 37.9 Å². The van der Waals surface area contributed by atoms with Crippen molar-refractivity contribution >= 4 is 98.8 Å². The minimum Gasteiger partial charge on any atom is -0.610 e. The number of benzene rings is 1. The topological polar surface area (TPSA) is 513 Å². The number of fused-ring (bicyclic) bond motifs is 5. The molecule has 6 heterocycles. The number of aliphatic hydroxyl groups is 4. The first-order valence-electron chi connectivity index (χ1n) is 32.3. The van der Waals surface area contributed by atoms with Gasteiger partial charge in [0.15, 0.2) is 6.04 Å². The third-order valence-electron chi connectivity index (χ3n) is 16.8. The summed E-state index contributed by atoms with van der Waals surface area (Å²) in [6.07, 6.45) is -2.07. The zero-order valence-corrected chi connectivity index (χ0v) is 57.0. The van der Waals surface area contributed by atoms with Crippen molar-refractivity contribution in [3.8, 4) is 5.75 Å². The first-order chi connectivity index (χ1) is 47.4. The Hall–Kier alpha value is -7.89. The van der Waals surface area contributed by atoms with Gasteiger partial charge in [0.25, 0.3) is 11.8 Å². The molecular formula is C61H89N15O21S2. The zero-order chi connectivity index (χ0) is 71.9. The molecule has 12 atom stereocenters. The molecule has 3 aromatic rings. The zero-order valence-electron chi connectivity index (χ0n) is 55.4. The van der Waals surface area contributed by atoms with Crippen LogP contribution in [0.3, 0.4) is 0 Å². The molecule has 11 amide bonds. The smallest absolute Gasteiger partial charge is 0.253 e. The molecule has 38 heteroatoms. The Morgan fingerprint density at radius 2 is 1.53 bits per heavy atom. The fraction of sp³-hybridized carbons (Fsp3) is 0.623. The molecule has 0 aliphatic carbocycles. The number of aliphatic hydroxyl groups excluding tert-OH is 4. The lowest BCUT2D eigenvalue weighted by atomic mass is 9.93. The van der Waals surface area contributed by atoms with Gasteiger partial charge in [-0.2, -0.15) is 11.8 Å².